The van der Waals surface area contributed by atoms with Gasteiger partial charge in [0.15, 0.2) is 0 Å². The Morgan fingerprint density at radius 2 is 2.33 bits per heavy atom. The van der Waals surface area contributed by atoms with Gasteiger partial charge in [0.25, 0.3) is 5.91 Å². The molecule has 1 heterocycles. The second-order valence-electron chi connectivity index (χ2n) is 3.78. The van der Waals surface area contributed by atoms with E-state index in [1.54, 1.807) is 0 Å². The molecule has 0 spiro atoms. The first-order valence-corrected chi connectivity index (χ1v) is 6.18. The lowest BCUT2D eigenvalue weighted by atomic mass is 10.2. The minimum atomic E-state index is -0.591. The summed E-state index contributed by atoms with van der Waals surface area (Å²) >= 11 is 1.52. The predicted molar refractivity (Wildman–Crippen MR) is 68.8 cm³/mol. The Morgan fingerprint density at radius 3 is 2.94 bits per heavy atom. The average molecular weight is 265 g/mol. The largest absolute Gasteiger partial charge is 0.396 e. The molecule has 2 rings (SSSR count). The summed E-state index contributed by atoms with van der Waals surface area (Å²) in [5.74, 6) is -0.938. The van der Waals surface area contributed by atoms with Gasteiger partial charge in [-0.25, -0.2) is 9.37 Å². The van der Waals surface area contributed by atoms with E-state index in [9.17, 15) is 9.18 Å². The molecule has 0 aliphatic rings. The van der Waals surface area contributed by atoms with Crippen LogP contribution in [-0.2, 0) is 6.54 Å². The molecule has 6 heteroatoms. The van der Waals surface area contributed by atoms with Crippen LogP contribution < -0.4 is 11.1 Å². The molecule has 0 bridgehead atoms. The highest BCUT2D eigenvalue weighted by atomic mass is 32.1. The lowest BCUT2D eigenvalue weighted by Gasteiger charge is -2.04. The molecule has 0 radical (unpaired) electrons. The van der Waals surface area contributed by atoms with Crippen LogP contribution in [-0.4, -0.2) is 10.9 Å². The van der Waals surface area contributed by atoms with Gasteiger partial charge in [-0.05, 0) is 25.1 Å². The van der Waals surface area contributed by atoms with Crippen molar-refractivity contribution in [1.29, 1.82) is 0 Å². The number of nitrogens with zero attached hydrogens (tertiary/aromatic N) is 1. The SMILES string of the molecule is Cc1nc(CNC(=O)c2ccc(N)c(F)c2)cs1. The molecule has 1 amide bonds. The highest BCUT2D eigenvalue weighted by Gasteiger charge is 2.08. The molecule has 2 aromatic rings. The maximum atomic E-state index is 13.2. The third kappa shape index (κ3) is 2.84. The minimum Gasteiger partial charge on any atom is -0.396 e. The Bertz CT molecular complexity index is 582. The molecular weight excluding hydrogens is 253 g/mol. The van der Waals surface area contributed by atoms with Crippen molar-refractivity contribution in [3.63, 3.8) is 0 Å². The van der Waals surface area contributed by atoms with Gasteiger partial charge in [0.05, 0.1) is 22.9 Å². The van der Waals surface area contributed by atoms with Gasteiger partial charge in [0.2, 0.25) is 0 Å². The zero-order valence-corrected chi connectivity index (χ0v) is 10.6. The Morgan fingerprint density at radius 1 is 1.56 bits per heavy atom. The standard InChI is InChI=1S/C12H12FN3OS/c1-7-16-9(6-18-7)5-15-12(17)8-2-3-11(14)10(13)4-8/h2-4,6H,5,14H2,1H3,(H,15,17). The van der Waals surface area contributed by atoms with E-state index >= 15 is 0 Å². The monoisotopic (exact) mass is 265 g/mol. The molecule has 0 unspecified atom stereocenters. The van der Waals surface area contributed by atoms with Gasteiger partial charge < -0.3 is 11.1 Å². The van der Waals surface area contributed by atoms with Gasteiger partial charge in [-0.1, -0.05) is 0 Å². The topological polar surface area (TPSA) is 68.0 Å². The molecule has 0 aliphatic heterocycles. The predicted octanol–water partition coefficient (Wildman–Crippen LogP) is 2.10. The molecule has 0 aliphatic carbocycles. The lowest BCUT2D eigenvalue weighted by molar-refractivity contribution is 0.0950. The number of carbonyl (C=O) groups excluding carboxylic acids is 1. The van der Waals surface area contributed by atoms with Crippen LogP contribution in [0.3, 0.4) is 0 Å². The number of hydrogen-bond acceptors (Lipinski definition) is 4. The Labute approximate surface area is 108 Å². The van der Waals surface area contributed by atoms with Gasteiger partial charge in [0, 0.05) is 10.9 Å². The number of anilines is 1. The van der Waals surface area contributed by atoms with E-state index < -0.39 is 5.82 Å². The summed E-state index contributed by atoms with van der Waals surface area (Å²) in [5, 5.41) is 5.49. The number of nitrogens with two attached hydrogens (primary N) is 1. The van der Waals surface area contributed by atoms with Crippen LogP contribution in [0.1, 0.15) is 21.1 Å². The van der Waals surface area contributed by atoms with Gasteiger partial charge >= 0.3 is 0 Å². The Balaban J connectivity index is 2.01. The number of halogens is 1. The quantitative estimate of drug-likeness (QED) is 0.835. The lowest BCUT2D eigenvalue weighted by Crippen LogP contribution is -2.23. The van der Waals surface area contributed by atoms with Crippen molar-refractivity contribution in [2.75, 3.05) is 5.73 Å². The van der Waals surface area contributed by atoms with Crippen molar-refractivity contribution in [2.24, 2.45) is 0 Å². The summed E-state index contributed by atoms with van der Waals surface area (Å²) < 4.78 is 13.2. The maximum Gasteiger partial charge on any atom is 0.251 e. The molecule has 18 heavy (non-hydrogen) atoms. The van der Waals surface area contributed by atoms with E-state index in [1.807, 2.05) is 12.3 Å². The minimum absolute atomic E-state index is 0.0293. The zero-order chi connectivity index (χ0) is 13.1. The van der Waals surface area contributed by atoms with E-state index in [-0.39, 0.29) is 17.2 Å². The van der Waals surface area contributed by atoms with Crippen molar-refractivity contribution in [2.45, 2.75) is 13.5 Å². The Kier molecular flexibility index (Phi) is 3.57. The summed E-state index contributed by atoms with van der Waals surface area (Å²) in [6, 6.07) is 3.98. The van der Waals surface area contributed by atoms with E-state index in [0.29, 0.717) is 6.54 Å². The fourth-order valence-electron chi connectivity index (χ4n) is 1.43. The van der Waals surface area contributed by atoms with Crippen LogP contribution >= 0.6 is 11.3 Å². The number of aromatic nitrogens is 1. The molecule has 0 atom stereocenters. The summed E-state index contributed by atoms with van der Waals surface area (Å²) in [7, 11) is 0. The van der Waals surface area contributed by atoms with Crippen LogP contribution in [0, 0.1) is 12.7 Å². The molecule has 0 fully saturated rings. The van der Waals surface area contributed by atoms with Crippen LogP contribution in [0.5, 0.6) is 0 Å². The first-order chi connectivity index (χ1) is 8.56. The molecule has 1 aromatic heterocycles. The number of amides is 1. The number of carbonyl (C=O) groups is 1. The van der Waals surface area contributed by atoms with Crippen LogP contribution in [0.2, 0.25) is 0 Å². The average Bonchev–Trinajstić information content (AvgIpc) is 2.75. The number of aryl methyl sites for hydroxylation is 1. The van der Waals surface area contributed by atoms with Crippen molar-refractivity contribution >= 4 is 22.9 Å². The first kappa shape index (κ1) is 12.5. The summed E-state index contributed by atoms with van der Waals surface area (Å²) in [4.78, 5) is 16.0. The third-order valence-corrected chi connectivity index (χ3v) is 3.18. The highest BCUT2D eigenvalue weighted by Crippen LogP contribution is 2.12. The van der Waals surface area contributed by atoms with Gasteiger partial charge in [0.1, 0.15) is 5.82 Å². The van der Waals surface area contributed by atoms with E-state index in [1.165, 1.54) is 23.5 Å². The van der Waals surface area contributed by atoms with E-state index in [0.717, 1.165) is 16.8 Å². The number of nitrogens with one attached hydrogen (secondary N) is 1. The van der Waals surface area contributed by atoms with E-state index in [2.05, 4.69) is 10.3 Å². The Hall–Kier alpha value is -1.95. The molecule has 1 aromatic carbocycles. The molecular formula is C12H12FN3OS. The molecule has 94 valence electrons. The maximum absolute atomic E-state index is 13.2. The van der Waals surface area contributed by atoms with Gasteiger partial charge in [-0.3, -0.25) is 4.79 Å². The van der Waals surface area contributed by atoms with Crippen LogP contribution in [0.25, 0.3) is 0 Å². The van der Waals surface area contributed by atoms with Crippen LogP contribution in [0.4, 0.5) is 10.1 Å². The smallest absolute Gasteiger partial charge is 0.251 e. The van der Waals surface area contributed by atoms with Crippen molar-refractivity contribution in [3.8, 4) is 0 Å². The molecule has 0 saturated carbocycles. The second kappa shape index (κ2) is 5.14. The molecule has 4 nitrogen and oxygen atoms in total. The summed E-state index contributed by atoms with van der Waals surface area (Å²) in [6.07, 6.45) is 0. The molecule has 3 N–H and O–H groups in total. The fourth-order valence-corrected chi connectivity index (χ4v) is 2.04. The van der Waals surface area contributed by atoms with Crippen molar-refractivity contribution in [1.82, 2.24) is 10.3 Å². The summed E-state index contributed by atoms with van der Waals surface area (Å²) in [6.45, 7) is 2.22. The van der Waals surface area contributed by atoms with Gasteiger partial charge in [-0.2, -0.15) is 0 Å². The van der Waals surface area contributed by atoms with Crippen molar-refractivity contribution in [3.05, 3.63) is 45.7 Å². The molecule has 0 saturated heterocycles. The number of nitrogen functional groups attached to an aromatic ring is 1. The van der Waals surface area contributed by atoms with Gasteiger partial charge in [-0.15, -0.1) is 11.3 Å². The number of benzene rings is 1. The summed E-state index contributed by atoms with van der Waals surface area (Å²) in [5.41, 5.74) is 6.41. The fraction of sp³-hybridized carbons (Fsp3) is 0.167. The second-order valence-corrected chi connectivity index (χ2v) is 4.84. The van der Waals surface area contributed by atoms with Crippen molar-refractivity contribution < 1.29 is 9.18 Å². The number of rotatable bonds is 3. The number of hydrogen-bond donors (Lipinski definition) is 2. The van der Waals surface area contributed by atoms with Crippen LogP contribution in [0.15, 0.2) is 23.6 Å². The third-order valence-electron chi connectivity index (χ3n) is 2.36. The first-order valence-electron chi connectivity index (χ1n) is 5.30. The van der Waals surface area contributed by atoms with E-state index in [4.69, 9.17) is 5.73 Å². The normalized spacial score (nSPS) is 10.3. The number of thiazole rings is 1. The highest BCUT2D eigenvalue weighted by molar-refractivity contribution is 7.09. The zero-order valence-electron chi connectivity index (χ0n) is 9.74.